The van der Waals surface area contributed by atoms with E-state index < -0.39 is 0 Å². The van der Waals surface area contributed by atoms with Crippen molar-refractivity contribution in [2.24, 2.45) is 10.8 Å². The van der Waals surface area contributed by atoms with Crippen molar-refractivity contribution in [2.75, 3.05) is 46.4 Å². The number of Topliss-reactive ketones (excluding diaryl/α,β-unsaturated/α-hetero) is 1. The van der Waals surface area contributed by atoms with Crippen molar-refractivity contribution in [1.29, 1.82) is 0 Å². The van der Waals surface area contributed by atoms with Crippen LogP contribution in [0.2, 0.25) is 0 Å². The van der Waals surface area contributed by atoms with Gasteiger partial charge in [-0.05, 0) is 38.4 Å². The first-order valence-corrected chi connectivity index (χ1v) is 9.34. The van der Waals surface area contributed by atoms with Gasteiger partial charge in [0.1, 0.15) is 5.78 Å². The van der Waals surface area contributed by atoms with Crippen LogP contribution in [0.25, 0.3) is 0 Å². The molecule has 6 nitrogen and oxygen atoms in total. The number of rotatable bonds is 17. The van der Waals surface area contributed by atoms with Crippen molar-refractivity contribution in [2.45, 2.75) is 53.4 Å². The Morgan fingerprint density at radius 1 is 1.00 bits per heavy atom. The number of unbranched alkanes of at least 4 members (excludes halogenated alkanes) is 2. The normalized spacial score (nSPS) is 12.2. The second-order valence-electron chi connectivity index (χ2n) is 8.38. The SMILES string of the molecule is CNCCCCCNCC(=O)CC(C)(C)COCC(C)(C)CNC=O. The largest absolute Gasteiger partial charge is 0.380 e. The van der Waals surface area contributed by atoms with Crippen LogP contribution >= 0.6 is 0 Å². The van der Waals surface area contributed by atoms with E-state index in [0.29, 0.717) is 39.1 Å². The summed E-state index contributed by atoms with van der Waals surface area (Å²) in [4.78, 5) is 22.5. The number of carbonyl (C=O) groups excluding carboxylic acids is 2. The third-order valence-corrected chi connectivity index (χ3v) is 3.93. The molecule has 0 aliphatic rings. The van der Waals surface area contributed by atoms with Crippen LogP contribution in [-0.2, 0) is 14.3 Å². The first-order valence-electron chi connectivity index (χ1n) is 9.34. The Kier molecular flexibility index (Phi) is 12.7. The van der Waals surface area contributed by atoms with Crippen molar-refractivity contribution in [3.05, 3.63) is 0 Å². The maximum Gasteiger partial charge on any atom is 0.207 e. The number of ether oxygens (including phenoxy) is 1. The molecule has 0 aromatic rings. The average Bonchev–Trinajstić information content (AvgIpc) is 2.51. The zero-order chi connectivity index (χ0) is 19.2. The maximum atomic E-state index is 12.1. The van der Waals surface area contributed by atoms with E-state index in [9.17, 15) is 9.59 Å². The fraction of sp³-hybridized carbons (Fsp3) is 0.895. The number of nitrogens with one attached hydrogen (secondary N) is 3. The van der Waals surface area contributed by atoms with E-state index in [2.05, 4.69) is 29.8 Å². The van der Waals surface area contributed by atoms with Gasteiger partial charge in [-0.2, -0.15) is 0 Å². The summed E-state index contributed by atoms with van der Waals surface area (Å²) < 4.78 is 5.81. The highest BCUT2D eigenvalue weighted by molar-refractivity contribution is 5.81. The highest BCUT2D eigenvalue weighted by Crippen LogP contribution is 2.23. The summed E-state index contributed by atoms with van der Waals surface area (Å²) in [6.07, 6.45) is 4.67. The molecular weight excluding hydrogens is 318 g/mol. The van der Waals surface area contributed by atoms with Gasteiger partial charge in [0.15, 0.2) is 0 Å². The lowest BCUT2D eigenvalue weighted by atomic mass is 9.88. The second-order valence-corrected chi connectivity index (χ2v) is 8.38. The predicted octanol–water partition coefficient (Wildman–Crippen LogP) is 1.74. The summed E-state index contributed by atoms with van der Waals surface area (Å²) in [7, 11) is 1.96. The molecule has 0 bridgehead atoms. The molecule has 0 atom stereocenters. The van der Waals surface area contributed by atoms with E-state index in [1.54, 1.807) is 0 Å². The van der Waals surface area contributed by atoms with Crippen LogP contribution in [0.1, 0.15) is 53.4 Å². The summed E-state index contributed by atoms with van der Waals surface area (Å²) in [5, 5.41) is 9.06. The number of ketones is 1. The Bertz CT molecular complexity index is 371. The van der Waals surface area contributed by atoms with Crippen LogP contribution < -0.4 is 16.0 Å². The molecule has 0 rings (SSSR count). The van der Waals surface area contributed by atoms with Crippen LogP contribution in [0.5, 0.6) is 0 Å². The predicted molar refractivity (Wildman–Crippen MR) is 103 cm³/mol. The molecule has 25 heavy (non-hydrogen) atoms. The quantitative estimate of drug-likeness (QED) is 0.273. The molecule has 0 aliphatic carbocycles. The third kappa shape index (κ3) is 15.0. The van der Waals surface area contributed by atoms with Gasteiger partial charge < -0.3 is 20.7 Å². The lowest BCUT2D eigenvalue weighted by Gasteiger charge is -2.28. The van der Waals surface area contributed by atoms with E-state index in [0.717, 1.165) is 19.5 Å². The fourth-order valence-corrected chi connectivity index (χ4v) is 2.58. The summed E-state index contributed by atoms with van der Waals surface area (Å²) in [5.74, 6) is 0.228. The monoisotopic (exact) mass is 357 g/mol. The Labute approximate surface area is 153 Å². The summed E-state index contributed by atoms with van der Waals surface area (Å²) >= 11 is 0. The first kappa shape index (κ1) is 24.0. The van der Waals surface area contributed by atoms with Gasteiger partial charge in [0, 0.05) is 18.4 Å². The Morgan fingerprint density at radius 2 is 1.64 bits per heavy atom. The molecule has 0 aliphatic heterocycles. The van der Waals surface area contributed by atoms with Crippen molar-refractivity contribution >= 4 is 12.2 Å². The molecule has 1 amide bonds. The molecule has 0 saturated heterocycles. The van der Waals surface area contributed by atoms with E-state index >= 15 is 0 Å². The standard InChI is InChI=1S/C19H39N3O3/c1-18(2,14-25-15-19(3,4)13-22-16-23)11-17(24)12-21-10-8-6-7-9-20-5/h16,20-21H,6-15H2,1-5H3,(H,22,23). The van der Waals surface area contributed by atoms with Crippen LogP contribution in [0.3, 0.4) is 0 Å². The Balaban J connectivity index is 3.86. The average molecular weight is 358 g/mol. The first-order chi connectivity index (χ1) is 11.7. The van der Waals surface area contributed by atoms with Gasteiger partial charge >= 0.3 is 0 Å². The molecule has 148 valence electrons. The van der Waals surface area contributed by atoms with Gasteiger partial charge in [-0.15, -0.1) is 0 Å². The van der Waals surface area contributed by atoms with Gasteiger partial charge in [0.25, 0.3) is 0 Å². The molecule has 0 heterocycles. The lowest BCUT2D eigenvalue weighted by molar-refractivity contribution is -0.121. The van der Waals surface area contributed by atoms with Crippen LogP contribution in [0.15, 0.2) is 0 Å². The third-order valence-electron chi connectivity index (χ3n) is 3.93. The molecule has 0 radical (unpaired) electrons. The molecular formula is C19H39N3O3. The number of carbonyl (C=O) groups is 2. The van der Waals surface area contributed by atoms with E-state index in [4.69, 9.17) is 4.74 Å². The minimum atomic E-state index is -0.181. The summed E-state index contributed by atoms with van der Waals surface area (Å²) in [6, 6.07) is 0. The number of amides is 1. The molecule has 6 heteroatoms. The minimum Gasteiger partial charge on any atom is -0.380 e. The lowest BCUT2D eigenvalue weighted by Crippen LogP contribution is -2.35. The zero-order valence-corrected chi connectivity index (χ0v) is 16.9. The smallest absolute Gasteiger partial charge is 0.207 e. The molecule has 0 unspecified atom stereocenters. The molecule has 0 saturated carbocycles. The van der Waals surface area contributed by atoms with Crippen molar-refractivity contribution in [3.8, 4) is 0 Å². The molecule has 0 aromatic heterocycles. The van der Waals surface area contributed by atoms with Crippen LogP contribution in [0.4, 0.5) is 0 Å². The van der Waals surface area contributed by atoms with Gasteiger partial charge in [0.05, 0.1) is 19.8 Å². The molecule has 0 fully saturated rings. The van der Waals surface area contributed by atoms with Gasteiger partial charge in [-0.1, -0.05) is 34.1 Å². The van der Waals surface area contributed by atoms with Crippen LogP contribution in [-0.4, -0.2) is 58.6 Å². The van der Waals surface area contributed by atoms with Gasteiger partial charge in [0.2, 0.25) is 6.41 Å². The van der Waals surface area contributed by atoms with E-state index in [1.807, 2.05) is 20.9 Å². The Morgan fingerprint density at radius 3 is 2.28 bits per heavy atom. The number of hydrogen-bond donors (Lipinski definition) is 3. The van der Waals surface area contributed by atoms with E-state index in [1.165, 1.54) is 12.8 Å². The van der Waals surface area contributed by atoms with Crippen molar-refractivity contribution in [1.82, 2.24) is 16.0 Å². The maximum absolute atomic E-state index is 12.1. The second kappa shape index (κ2) is 13.3. The topological polar surface area (TPSA) is 79.5 Å². The number of hydrogen-bond acceptors (Lipinski definition) is 5. The Hall–Kier alpha value is -0.980. The van der Waals surface area contributed by atoms with Crippen LogP contribution in [0, 0.1) is 10.8 Å². The fourth-order valence-electron chi connectivity index (χ4n) is 2.58. The highest BCUT2D eigenvalue weighted by atomic mass is 16.5. The molecule has 0 aromatic carbocycles. The molecule has 3 N–H and O–H groups in total. The van der Waals surface area contributed by atoms with Crippen molar-refractivity contribution < 1.29 is 14.3 Å². The molecule has 0 spiro atoms. The zero-order valence-electron chi connectivity index (χ0n) is 16.9. The summed E-state index contributed by atoms with van der Waals surface area (Å²) in [5.41, 5.74) is -0.296. The van der Waals surface area contributed by atoms with Gasteiger partial charge in [-0.3, -0.25) is 9.59 Å². The van der Waals surface area contributed by atoms with Gasteiger partial charge in [-0.25, -0.2) is 0 Å². The summed E-state index contributed by atoms with van der Waals surface area (Å²) in [6.45, 7) is 12.2. The minimum absolute atomic E-state index is 0.115. The van der Waals surface area contributed by atoms with Crippen molar-refractivity contribution in [3.63, 3.8) is 0 Å². The highest BCUT2D eigenvalue weighted by Gasteiger charge is 2.24. The van der Waals surface area contributed by atoms with E-state index in [-0.39, 0.29) is 16.6 Å².